The zero-order chi connectivity index (χ0) is 13.7. The van der Waals surface area contributed by atoms with Gasteiger partial charge in [0.1, 0.15) is 0 Å². The molecule has 2 atom stereocenters. The Morgan fingerprint density at radius 2 is 2.21 bits per heavy atom. The summed E-state index contributed by atoms with van der Waals surface area (Å²) in [4.78, 5) is 18.0. The summed E-state index contributed by atoms with van der Waals surface area (Å²) in [7, 11) is 0. The molecule has 1 amide bonds. The lowest BCUT2D eigenvalue weighted by Crippen LogP contribution is -2.50. The van der Waals surface area contributed by atoms with E-state index in [1.165, 1.54) is 0 Å². The van der Waals surface area contributed by atoms with Gasteiger partial charge >= 0.3 is 0 Å². The van der Waals surface area contributed by atoms with Crippen LogP contribution in [0, 0.1) is 0 Å². The molecule has 19 heavy (non-hydrogen) atoms. The van der Waals surface area contributed by atoms with Crippen LogP contribution in [0.5, 0.6) is 0 Å². The number of rotatable bonds is 4. The molecule has 5 heteroatoms. The zero-order valence-corrected chi connectivity index (χ0v) is 11.2. The Morgan fingerprint density at radius 1 is 1.47 bits per heavy atom. The quantitative estimate of drug-likeness (QED) is 0.858. The molecule has 2 unspecified atom stereocenters. The molecular weight excluding hydrogens is 242 g/mol. The number of hydrogen-bond donors (Lipinski definition) is 2. The fourth-order valence-electron chi connectivity index (χ4n) is 2.62. The first-order valence-corrected chi connectivity index (χ1v) is 6.77. The van der Waals surface area contributed by atoms with Crippen molar-refractivity contribution in [1.82, 2.24) is 9.88 Å². The maximum absolute atomic E-state index is 12.0. The van der Waals surface area contributed by atoms with Crippen LogP contribution in [0.2, 0.25) is 0 Å². The van der Waals surface area contributed by atoms with E-state index in [4.69, 9.17) is 0 Å². The van der Waals surface area contributed by atoms with Crippen molar-refractivity contribution in [2.75, 3.05) is 18.5 Å². The van der Waals surface area contributed by atoms with Gasteiger partial charge in [0.15, 0.2) is 0 Å². The molecular formula is C14H21N3O2. The number of aliphatic hydroxyl groups is 1. The lowest BCUT2D eigenvalue weighted by atomic mass is 9.97. The topological polar surface area (TPSA) is 65.5 Å². The van der Waals surface area contributed by atoms with Gasteiger partial charge in [0.05, 0.1) is 13.2 Å². The predicted octanol–water partition coefficient (Wildman–Crippen LogP) is 1.26. The monoisotopic (exact) mass is 263 g/mol. The highest BCUT2D eigenvalue weighted by Gasteiger charge is 2.28. The van der Waals surface area contributed by atoms with Gasteiger partial charge in [0, 0.05) is 30.2 Å². The number of aromatic nitrogens is 1. The molecule has 1 aliphatic rings. The van der Waals surface area contributed by atoms with Gasteiger partial charge in [-0.3, -0.25) is 14.7 Å². The van der Waals surface area contributed by atoms with Crippen LogP contribution in [-0.4, -0.2) is 46.1 Å². The Kier molecular flexibility index (Phi) is 4.87. The fraction of sp³-hybridized carbons (Fsp3) is 0.571. The molecule has 1 fully saturated rings. The Balaban J connectivity index is 1.93. The van der Waals surface area contributed by atoms with Crippen molar-refractivity contribution in [3.05, 3.63) is 24.5 Å². The van der Waals surface area contributed by atoms with E-state index in [1.54, 1.807) is 24.5 Å². The standard InChI is InChI=1S/C14H21N3O2/c1-11-3-2-4-13(10-18)17(11)9-14(19)16-12-5-7-15-8-6-12/h5-8,11,13,18H,2-4,9-10H2,1H3,(H,15,16,19). The van der Waals surface area contributed by atoms with Crippen LogP contribution in [0.1, 0.15) is 26.2 Å². The number of aliphatic hydroxyl groups excluding tert-OH is 1. The van der Waals surface area contributed by atoms with Crippen LogP contribution >= 0.6 is 0 Å². The molecule has 2 heterocycles. The van der Waals surface area contributed by atoms with Gasteiger partial charge < -0.3 is 10.4 Å². The third-order valence-electron chi connectivity index (χ3n) is 3.70. The summed E-state index contributed by atoms with van der Waals surface area (Å²) in [6, 6.07) is 3.98. The van der Waals surface area contributed by atoms with E-state index in [2.05, 4.69) is 22.1 Å². The second-order valence-corrected chi connectivity index (χ2v) is 5.07. The van der Waals surface area contributed by atoms with Crippen molar-refractivity contribution in [3.8, 4) is 0 Å². The molecule has 1 aromatic heterocycles. The van der Waals surface area contributed by atoms with E-state index in [-0.39, 0.29) is 18.6 Å². The van der Waals surface area contributed by atoms with E-state index in [1.807, 2.05) is 0 Å². The lowest BCUT2D eigenvalue weighted by Gasteiger charge is -2.39. The second kappa shape index (κ2) is 6.63. The third-order valence-corrected chi connectivity index (χ3v) is 3.70. The first-order valence-electron chi connectivity index (χ1n) is 6.77. The van der Waals surface area contributed by atoms with Crippen molar-refractivity contribution in [3.63, 3.8) is 0 Å². The summed E-state index contributed by atoms with van der Waals surface area (Å²) in [6.45, 7) is 2.56. The van der Waals surface area contributed by atoms with Crippen LogP contribution in [-0.2, 0) is 4.79 Å². The molecule has 5 nitrogen and oxygen atoms in total. The first kappa shape index (κ1) is 14.0. The van der Waals surface area contributed by atoms with Gasteiger partial charge in [-0.2, -0.15) is 0 Å². The van der Waals surface area contributed by atoms with E-state index < -0.39 is 0 Å². The number of hydrogen-bond acceptors (Lipinski definition) is 4. The SMILES string of the molecule is CC1CCCC(CO)N1CC(=O)Nc1ccncc1. The number of likely N-dealkylation sites (tertiary alicyclic amines) is 1. The summed E-state index contributed by atoms with van der Waals surface area (Å²) >= 11 is 0. The van der Waals surface area contributed by atoms with Gasteiger partial charge in [-0.25, -0.2) is 0 Å². The van der Waals surface area contributed by atoms with Gasteiger partial charge in [-0.1, -0.05) is 6.42 Å². The minimum absolute atomic E-state index is 0.0431. The minimum atomic E-state index is -0.0431. The molecule has 2 N–H and O–H groups in total. The maximum Gasteiger partial charge on any atom is 0.238 e. The molecule has 0 saturated carbocycles. The highest BCUT2D eigenvalue weighted by atomic mass is 16.3. The highest BCUT2D eigenvalue weighted by molar-refractivity contribution is 5.92. The van der Waals surface area contributed by atoms with Gasteiger partial charge in [-0.15, -0.1) is 0 Å². The fourth-order valence-corrected chi connectivity index (χ4v) is 2.62. The largest absolute Gasteiger partial charge is 0.395 e. The molecule has 0 radical (unpaired) electrons. The van der Waals surface area contributed by atoms with Gasteiger partial charge in [-0.05, 0) is 31.9 Å². The summed E-state index contributed by atoms with van der Waals surface area (Å²) < 4.78 is 0. The first-order chi connectivity index (χ1) is 9.20. The molecule has 0 spiro atoms. The summed E-state index contributed by atoms with van der Waals surface area (Å²) in [5, 5.41) is 12.3. The Bertz CT molecular complexity index is 410. The molecule has 1 aliphatic heterocycles. The van der Waals surface area contributed by atoms with Crippen molar-refractivity contribution < 1.29 is 9.90 Å². The third kappa shape index (κ3) is 3.75. The number of piperidine rings is 1. The average Bonchev–Trinajstić information content (AvgIpc) is 2.42. The number of carbonyl (C=O) groups excluding carboxylic acids is 1. The number of amides is 1. The van der Waals surface area contributed by atoms with Crippen molar-refractivity contribution in [2.24, 2.45) is 0 Å². The lowest BCUT2D eigenvalue weighted by molar-refractivity contribution is -0.119. The van der Waals surface area contributed by atoms with E-state index in [0.717, 1.165) is 24.9 Å². The molecule has 2 rings (SSSR count). The predicted molar refractivity (Wildman–Crippen MR) is 73.8 cm³/mol. The Labute approximate surface area is 113 Å². The highest BCUT2D eigenvalue weighted by Crippen LogP contribution is 2.22. The van der Waals surface area contributed by atoms with Gasteiger partial charge in [0.2, 0.25) is 5.91 Å². The molecule has 0 aliphatic carbocycles. The number of anilines is 1. The number of pyridine rings is 1. The van der Waals surface area contributed by atoms with E-state index in [9.17, 15) is 9.90 Å². The molecule has 1 saturated heterocycles. The van der Waals surface area contributed by atoms with Crippen LogP contribution in [0.25, 0.3) is 0 Å². The summed E-state index contributed by atoms with van der Waals surface area (Å²) in [6.07, 6.45) is 6.46. The summed E-state index contributed by atoms with van der Waals surface area (Å²) in [5.41, 5.74) is 0.755. The molecule has 0 aromatic carbocycles. The summed E-state index contributed by atoms with van der Waals surface area (Å²) in [5.74, 6) is -0.0431. The van der Waals surface area contributed by atoms with Crippen molar-refractivity contribution in [2.45, 2.75) is 38.3 Å². The zero-order valence-electron chi connectivity index (χ0n) is 11.2. The van der Waals surface area contributed by atoms with Crippen LogP contribution in [0.4, 0.5) is 5.69 Å². The van der Waals surface area contributed by atoms with Crippen LogP contribution < -0.4 is 5.32 Å². The normalized spacial score (nSPS) is 24.1. The second-order valence-electron chi connectivity index (χ2n) is 5.07. The minimum Gasteiger partial charge on any atom is -0.395 e. The number of nitrogens with zero attached hydrogens (tertiary/aromatic N) is 2. The average molecular weight is 263 g/mol. The van der Waals surface area contributed by atoms with Crippen LogP contribution in [0.15, 0.2) is 24.5 Å². The maximum atomic E-state index is 12.0. The van der Waals surface area contributed by atoms with Crippen LogP contribution in [0.3, 0.4) is 0 Å². The molecule has 0 bridgehead atoms. The van der Waals surface area contributed by atoms with Crippen molar-refractivity contribution >= 4 is 11.6 Å². The number of carbonyl (C=O) groups is 1. The van der Waals surface area contributed by atoms with Gasteiger partial charge in [0.25, 0.3) is 0 Å². The van der Waals surface area contributed by atoms with E-state index >= 15 is 0 Å². The molecule has 104 valence electrons. The smallest absolute Gasteiger partial charge is 0.238 e. The number of nitrogens with one attached hydrogen (secondary N) is 1. The Morgan fingerprint density at radius 3 is 2.89 bits per heavy atom. The van der Waals surface area contributed by atoms with E-state index in [0.29, 0.717) is 12.6 Å². The molecule has 1 aromatic rings. The Hall–Kier alpha value is -1.46. The van der Waals surface area contributed by atoms with Crippen molar-refractivity contribution in [1.29, 1.82) is 0 Å².